The Labute approximate surface area is 86.2 Å². The van der Waals surface area contributed by atoms with Crippen molar-refractivity contribution in [2.75, 3.05) is 0 Å². The van der Waals surface area contributed by atoms with E-state index >= 15 is 0 Å². The molecular formula is C9H10N4O2. The number of aliphatic hydroxyl groups is 1. The van der Waals surface area contributed by atoms with Gasteiger partial charge >= 0.3 is 6.01 Å². The average Bonchev–Trinajstić information content (AvgIpc) is 2.64. The lowest BCUT2D eigenvalue weighted by atomic mass is 10.3. The van der Waals surface area contributed by atoms with Crippen molar-refractivity contribution in [3.63, 3.8) is 0 Å². The van der Waals surface area contributed by atoms with E-state index in [9.17, 15) is 0 Å². The first-order valence-electron chi connectivity index (χ1n) is 4.37. The van der Waals surface area contributed by atoms with Gasteiger partial charge in [-0.15, -0.1) is 5.10 Å². The fourth-order valence-corrected chi connectivity index (χ4v) is 1.06. The summed E-state index contributed by atoms with van der Waals surface area (Å²) in [5.74, 6) is 0.368. The first kappa shape index (κ1) is 9.60. The Kier molecular flexibility index (Phi) is 2.59. The van der Waals surface area contributed by atoms with Crippen molar-refractivity contribution >= 4 is 0 Å². The molecule has 0 aliphatic rings. The summed E-state index contributed by atoms with van der Waals surface area (Å²) in [7, 11) is 1.75. The van der Waals surface area contributed by atoms with Gasteiger partial charge < -0.3 is 9.84 Å². The molecule has 0 atom stereocenters. The zero-order chi connectivity index (χ0) is 10.7. The average molecular weight is 206 g/mol. The lowest BCUT2D eigenvalue weighted by molar-refractivity contribution is 0.281. The predicted octanol–water partition coefficient (Wildman–Crippen LogP) is 0.495. The van der Waals surface area contributed by atoms with Crippen LogP contribution in [0.15, 0.2) is 24.7 Å². The highest BCUT2D eigenvalue weighted by Gasteiger charge is 2.03. The third kappa shape index (κ3) is 2.29. The minimum atomic E-state index is -0.0471. The van der Waals surface area contributed by atoms with Gasteiger partial charge in [-0.05, 0) is 11.6 Å². The van der Waals surface area contributed by atoms with Crippen molar-refractivity contribution in [2.45, 2.75) is 6.61 Å². The van der Waals surface area contributed by atoms with E-state index in [0.29, 0.717) is 5.88 Å². The Morgan fingerprint density at radius 3 is 3.00 bits per heavy atom. The van der Waals surface area contributed by atoms with Crippen LogP contribution in [0, 0.1) is 0 Å². The zero-order valence-corrected chi connectivity index (χ0v) is 8.16. The second kappa shape index (κ2) is 4.05. The quantitative estimate of drug-likeness (QED) is 0.791. The van der Waals surface area contributed by atoms with E-state index in [1.54, 1.807) is 25.4 Å². The lowest BCUT2D eigenvalue weighted by Gasteiger charge is -2.00. The van der Waals surface area contributed by atoms with Crippen molar-refractivity contribution in [1.29, 1.82) is 0 Å². The first-order chi connectivity index (χ1) is 7.28. The van der Waals surface area contributed by atoms with Crippen LogP contribution in [0.25, 0.3) is 0 Å². The van der Waals surface area contributed by atoms with E-state index in [1.807, 2.05) is 0 Å². The molecule has 0 spiro atoms. The van der Waals surface area contributed by atoms with Crippen molar-refractivity contribution in [3.8, 4) is 11.9 Å². The highest BCUT2D eigenvalue weighted by molar-refractivity contribution is 5.21. The number of ether oxygens (including phenoxy) is 1. The van der Waals surface area contributed by atoms with E-state index < -0.39 is 0 Å². The Balaban J connectivity index is 2.16. The molecule has 0 aliphatic heterocycles. The zero-order valence-electron chi connectivity index (χ0n) is 8.16. The number of aliphatic hydroxyl groups excluding tert-OH is 1. The maximum atomic E-state index is 8.91. The number of aromatic nitrogens is 4. The molecule has 0 saturated carbocycles. The molecule has 15 heavy (non-hydrogen) atoms. The third-order valence-electron chi connectivity index (χ3n) is 1.76. The number of hydrogen-bond acceptors (Lipinski definition) is 5. The van der Waals surface area contributed by atoms with Crippen LogP contribution in [0.3, 0.4) is 0 Å². The van der Waals surface area contributed by atoms with Crippen LogP contribution in [-0.2, 0) is 13.7 Å². The van der Waals surface area contributed by atoms with Crippen LogP contribution in [0.5, 0.6) is 11.9 Å². The van der Waals surface area contributed by atoms with Gasteiger partial charge in [0.05, 0.1) is 6.61 Å². The van der Waals surface area contributed by atoms with Gasteiger partial charge in [-0.25, -0.2) is 4.98 Å². The van der Waals surface area contributed by atoms with E-state index in [-0.39, 0.29) is 12.6 Å². The fourth-order valence-electron chi connectivity index (χ4n) is 1.06. The number of pyridine rings is 1. The molecule has 0 bridgehead atoms. The van der Waals surface area contributed by atoms with Crippen molar-refractivity contribution in [3.05, 3.63) is 30.2 Å². The molecule has 2 aromatic heterocycles. The monoisotopic (exact) mass is 206 g/mol. The molecule has 6 nitrogen and oxygen atoms in total. The van der Waals surface area contributed by atoms with E-state index in [1.165, 1.54) is 11.0 Å². The van der Waals surface area contributed by atoms with Crippen LogP contribution < -0.4 is 4.74 Å². The second-order valence-electron chi connectivity index (χ2n) is 2.96. The summed E-state index contributed by atoms with van der Waals surface area (Å²) in [6.07, 6.45) is 3.09. The molecule has 0 unspecified atom stereocenters. The number of hydrogen-bond donors (Lipinski definition) is 1. The summed E-state index contributed by atoms with van der Waals surface area (Å²) in [5.41, 5.74) is 0.732. The van der Waals surface area contributed by atoms with Gasteiger partial charge in [0.1, 0.15) is 6.33 Å². The fraction of sp³-hybridized carbons (Fsp3) is 0.222. The summed E-state index contributed by atoms with van der Waals surface area (Å²) in [5, 5.41) is 12.9. The SMILES string of the molecule is Cn1cnc(Oc2cc(CO)ccn2)n1. The number of nitrogens with zero attached hydrogens (tertiary/aromatic N) is 4. The topological polar surface area (TPSA) is 73.1 Å². The Hall–Kier alpha value is -1.95. The summed E-state index contributed by atoms with van der Waals surface area (Å²) < 4.78 is 6.81. The van der Waals surface area contributed by atoms with Gasteiger partial charge in [-0.2, -0.15) is 4.98 Å². The normalized spacial score (nSPS) is 10.3. The standard InChI is InChI=1S/C9H10N4O2/c1-13-6-11-9(12-13)15-8-4-7(5-14)2-3-10-8/h2-4,6,14H,5H2,1H3. The summed E-state index contributed by atoms with van der Waals surface area (Å²) >= 11 is 0. The third-order valence-corrected chi connectivity index (χ3v) is 1.76. The molecule has 1 N–H and O–H groups in total. The van der Waals surface area contributed by atoms with E-state index in [0.717, 1.165) is 5.56 Å². The molecule has 2 heterocycles. The molecule has 0 saturated heterocycles. The molecule has 78 valence electrons. The Morgan fingerprint density at radius 2 is 2.33 bits per heavy atom. The highest BCUT2D eigenvalue weighted by atomic mass is 16.5. The molecular weight excluding hydrogens is 196 g/mol. The largest absolute Gasteiger partial charge is 0.404 e. The number of aryl methyl sites for hydroxylation is 1. The summed E-state index contributed by atoms with van der Waals surface area (Å²) in [6, 6.07) is 3.58. The van der Waals surface area contributed by atoms with Crippen LogP contribution in [0.2, 0.25) is 0 Å². The van der Waals surface area contributed by atoms with Gasteiger partial charge in [0.15, 0.2) is 0 Å². The molecule has 0 amide bonds. The van der Waals surface area contributed by atoms with Crippen molar-refractivity contribution in [2.24, 2.45) is 7.05 Å². The Morgan fingerprint density at radius 1 is 1.47 bits per heavy atom. The molecule has 6 heteroatoms. The smallest absolute Gasteiger partial charge is 0.342 e. The minimum absolute atomic E-state index is 0.0471. The van der Waals surface area contributed by atoms with E-state index in [4.69, 9.17) is 9.84 Å². The predicted molar refractivity (Wildman–Crippen MR) is 51.2 cm³/mol. The molecule has 0 fully saturated rings. The molecule has 0 radical (unpaired) electrons. The molecule has 0 aliphatic carbocycles. The van der Waals surface area contributed by atoms with Crippen LogP contribution in [-0.4, -0.2) is 24.9 Å². The maximum Gasteiger partial charge on any atom is 0.342 e. The van der Waals surface area contributed by atoms with Crippen LogP contribution in [0.1, 0.15) is 5.56 Å². The van der Waals surface area contributed by atoms with E-state index in [2.05, 4.69) is 15.1 Å². The van der Waals surface area contributed by atoms with Gasteiger partial charge in [-0.3, -0.25) is 4.68 Å². The van der Waals surface area contributed by atoms with Gasteiger partial charge in [0.2, 0.25) is 5.88 Å². The minimum Gasteiger partial charge on any atom is -0.404 e. The molecule has 2 rings (SSSR count). The van der Waals surface area contributed by atoms with Crippen molar-refractivity contribution in [1.82, 2.24) is 19.7 Å². The summed E-state index contributed by atoms with van der Waals surface area (Å²) in [6.45, 7) is -0.0471. The second-order valence-corrected chi connectivity index (χ2v) is 2.96. The highest BCUT2D eigenvalue weighted by Crippen LogP contribution is 2.15. The summed E-state index contributed by atoms with van der Waals surface area (Å²) in [4.78, 5) is 7.86. The molecule has 2 aromatic rings. The molecule has 0 aromatic carbocycles. The Bertz CT molecular complexity index is 455. The lowest BCUT2D eigenvalue weighted by Crippen LogP contribution is -1.93. The number of rotatable bonds is 3. The van der Waals surface area contributed by atoms with Crippen molar-refractivity contribution < 1.29 is 9.84 Å². The maximum absolute atomic E-state index is 8.91. The van der Waals surface area contributed by atoms with Gasteiger partial charge in [0.25, 0.3) is 0 Å². The van der Waals surface area contributed by atoms with Crippen LogP contribution >= 0.6 is 0 Å². The van der Waals surface area contributed by atoms with Crippen LogP contribution in [0.4, 0.5) is 0 Å². The van der Waals surface area contributed by atoms with Gasteiger partial charge in [-0.1, -0.05) is 0 Å². The first-order valence-corrected chi connectivity index (χ1v) is 4.37. The van der Waals surface area contributed by atoms with Gasteiger partial charge in [0, 0.05) is 19.3 Å².